The van der Waals surface area contributed by atoms with Crippen LogP contribution in [0.15, 0.2) is 4.79 Å². The molecule has 0 radical (unpaired) electrons. The Morgan fingerprint density at radius 1 is 1.42 bits per heavy atom. The topological polar surface area (TPSA) is 74.7 Å². The summed E-state index contributed by atoms with van der Waals surface area (Å²) in [5.41, 5.74) is 6.15. The standard InChI is InChI=1S/C7H9N3OS/c8-5-4(3-1-2-3)6(11)10-7(12)9-5/h3H,1-2H2,(H4,8,9,10,11,12). The second-order valence-electron chi connectivity index (χ2n) is 3.01. The zero-order chi connectivity index (χ0) is 8.72. The van der Waals surface area contributed by atoms with Crippen LogP contribution >= 0.6 is 12.2 Å². The first-order chi connectivity index (χ1) is 5.68. The molecule has 0 saturated heterocycles. The van der Waals surface area contributed by atoms with Crippen molar-refractivity contribution in [2.75, 3.05) is 5.73 Å². The second-order valence-corrected chi connectivity index (χ2v) is 3.42. The number of aromatic nitrogens is 2. The number of rotatable bonds is 1. The van der Waals surface area contributed by atoms with Crippen LogP contribution in [0, 0.1) is 4.77 Å². The minimum Gasteiger partial charge on any atom is -0.385 e. The predicted octanol–water partition coefficient (Wildman–Crippen LogP) is 0.892. The van der Waals surface area contributed by atoms with Crippen LogP contribution in [0.3, 0.4) is 0 Å². The van der Waals surface area contributed by atoms with Crippen molar-refractivity contribution in [1.29, 1.82) is 0 Å². The molecule has 4 nitrogen and oxygen atoms in total. The summed E-state index contributed by atoms with van der Waals surface area (Å²) in [4.78, 5) is 16.6. The van der Waals surface area contributed by atoms with E-state index in [2.05, 4.69) is 9.97 Å². The molecule has 1 heterocycles. The van der Waals surface area contributed by atoms with Gasteiger partial charge in [0.2, 0.25) is 0 Å². The van der Waals surface area contributed by atoms with Crippen LogP contribution in [0.5, 0.6) is 0 Å². The van der Waals surface area contributed by atoms with E-state index in [4.69, 9.17) is 18.0 Å². The number of anilines is 1. The van der Waals surface area contributed by atoms with Gasteiger partial charge in [-0.2, -0.15) is 0 Å². The van der Waals surface area contributed by atoms with Crippen LogP contribution in [0.4, 0.5) is 5.82 Å². The average Bonchev–Trinajstić information content (AvgIpc) is 2.68. The van der Waals surface area contributed by atoms with Crippen LogP contribution in [0.2, 0.25) is 0 Å². The Labute approximate surface area is 73.8 Å². The number of nitrogens with two attached hydrogens (primary N) is 1. The highest BCUT2D eigenvalue weighted by Crippen LogP contribution is 2.39. The molecule has 2 rings (SSSR count). The van der Waals surface area contributed by atoms with Gasteiger partial charge < -0.3 is 10.7 Å². The molecule has 0 unspecified atom stereocenters. The monoisotopic (exact) mass is 183 g/mol. The molecule has 0 atom stereocenters. The highest BCUT2D eigenvalue weighted by Gasteiger charge is 2.28. The maximum absolute atomic E-state index is 11.3. The van der Waals surface area contributed by atoms with E-state index in [0.29, 0.717) is 22.1 Å². The Hall–Kier alpha value is -1.10. The first kappa shape index (κ1) is 7.54. The zero-order valence-corrected chi connectivity index (χ0v) is 7.20. The van der Waals surface area contributed by atoms with Gasteiger partial charge in [-0.05, 0) is 31.0 Å². The van der Waals surface area contributed by atoms with Gasteiger partial charge in [-0.1, -0.05) is 0 Å². The normalized spacial score (nSPS) is 16.3. The molecule has 0 spiro atoms. The molecular formula is C7H9N3OS. The van der Waals surface area contributed by atoms with E-state index in [0.717, 1.165) is 12.8 Å². The molecule has 0 amide bonds. The largest absolute Gasteiger partial charge is 0.385 e. The summed E-state index contributed by atoms with van der Waals surface area (Å²) in [7, 11) is 0. The molecule has 0 aromatic carbocycles. The van der Waals surface area contributed by atoms with Gasteiger partial charge in [0.05, 0.1) is 5.56 Å². The molecule has 1 aliphatic rings. The Morgan fingerprint density at radius 2 is 2.08 bits per heavy atom. The van der Waals surface area contributed by atoms with E-state index < -0.39 is 0 Å². The Bertz CT molecular complexity index is 415. The van der Waals surface area contributed by atoms with E-state index in [1.807, 2.05) is 0 Å². The van der Waals surface area contributed by atoms with Crippen molar-refractivity contribution in [1.82, 2.24) is 9.97 Å². The van der Waals surface area contributed by atoms with Gasteiger partial charge in [-0.15, -0.1) is 0 Å². The molecule has 0 bridgehead atoms. The van der Waals surface area contributed by atoms with E-state index in [9.17, 15) is 4.79 Å². The maximum Gasteiger partial charge on any atom is 0.257 e. The zero-order valence-electron chi connectivity index (χ0n) is 6.39. The summed E-state index contributed by atoms with van der Waals surface area (Å²) < 4.78 is 0.293. The first-order valence-corrected chi connectivity index (χ1v) is 4.21. The lowest BCUT2D eigenvalue weighted by Gasteiger charge is -2.00. The average molecular weight is 183 g/mol. The first-order valence-electron chi connectivity index (χ1n) is 3.80. The fourth-order valence-corrected chi connectivity index (χ4v) is 1.49. The van der Waals surface area contributed by atoms with Crippen molar-refractivity contribution in [3.63, 3.8) is 0 Å². The third-order valence-corrected chi connectivity index (χ3v) is 2.20. The van der Waals surface area contributed by atoms with Crippen molar-refractivity contribution in [3.05, 3.63) is 20.7 Å². The number of hydrogen-bond acceptors (Lipinski definition) is 3. The molecule has 0 aliphatic heterocycles. The van der Waals surface area contributed by atoms with Crippen LogP contribution in [0.25, 0.3) is 0 Å². The lowest BCUT2D eigenvalue weighted by molar-refractivity contribution is 0.991. The SMILES string of the molecule is Nc1[nH]c(=S)[nH]c(=O)c1C1CC1. The van der Waals surface area contributed by atoms with Crippen molar-refractivity contribution >= 4 is 18.0 Å². The van der Waals surface area contributed by atoms with Crippen LogP contribution in [-0.4, -0.2) is 9.97 Å². The number of hydrogen-bond donors (Lipinski definition) is 3. The van der Waals surface area contributed by atoms with Crippen molar-refractivity contribution in [2.24, 2.45) is 0 Å². The molecule has 12 heavy (non-hydrogen) atoms. The fraction of sp³-hybridized carbons (Fsp3) is 0.429. The number of H-pyrrole nitrogens is 2. The Balaban J connectivity index is 2.67. The lowest BCUT2D eigenvalue weighted by atomic mass is 10.2. The summed E-state index contributed by atoms with van der Waals surface area (Å²) in [6.07, 6.45) is 2.11. The fourth-order valence-electron chi connectivity index (χ4n) is 1.29. The molecule has 64 valence electrons. The molecule has 1 aliphatic carbocycles. The quantitative estimate of drug-likeness (QED) is 0.566. The highest BCUT2D eigenvalue weighted by molar-refractivity contribution is 7.71. The maximum atomic E-state index is 11.3. The van der Waals surface area contributed by atoms with E-state index in [1.165, 1.54) is 0 Å². The van der Waals surface area contributed by atoms with Gasteiger partial charge in [-0.3, -0.25) is 9.78 Å². The smallest absolute Gasteiger partial charge is 0.257 e. The van der Waals surface area contributed by atoms with Crippen molar-refractivity contribution in [2.45, 2.75) is 18.8 Å². The molecule has 1 fully saturated rings. The Kier molecular flexibility index (Phi) is 1.54. The molecule has 1 aromatic rings. The van der Waals surface area contributed by atoms with E-state index >= 15 is 0 Å². The van der Waals surface area contributed by atoms with Crippen molar-refractivity contribution < 1.29 is 0 Å². The van der Waals surface area contributed by atoms with E-state index in [-0.39, 0.29) is 5.56 Å². The molecule has 4 N–H and O–H groups in total. The van der Waals surface area contributed by atoms with Gasteiger partial charge in [0.15, 0.2) is 4.77 Å². The van der Waals surface area contributed by atoms with Gasteiger partial charge in [0, 0.05) is 0 Å². The number of aromatic amines is 2. The molecule has 1 aromatic heterocycles. The van der Waals surface area contributed by atoms with Crippen LogP contribution in [-0.2, 0) is 0 Å². The summed E-state index contributed by atoms with van der Waals surface area (Å²) in [5.74, 6) is 0.770. The van der Waals surface area contributed by atoms with Crippen LogP contribution < -0.4 is 11.3 Å². The third-order valence-electron chi connectivity index (χ3n) is 2.00. The molecule has 1 saturated carbocycles. The van der Waals surface area contributed by atoms with Gasteiger partial charge in [0.1, 0.15) is 5.82 Å². The van der Waals surface area contributed by atoms with Gasteiger partial charge >= 0.3 is 0 Å². The molecule has 5 heteroatoms. The van der Waals surface area contributed by atoms with Crippen LogP contribution in [0.1, 0.15) is 24.3 Å². The van der Waals surface area contributed by atoms with Gasteiger partial charge in [0.25, 0.3) is 5.56 Å². The van der Waals surface area contributed by atoms with E-state index in [1.54, 1.807) is 0 Å². The Morgan fingerprint density at radius 3 is 2.58 bits per heavy atom. The summed E-state index contributed by atoms with van der Waals surface area (Å²) in [6.45, 7) is 0. The minimum absolute atomic E-state index is 0.140. The number of nitrogen functional groups attached to an aromatic ring is 1. The van der Waals surface area contributed by atoms with Gasteiger partial charge in [-0.25, -0.2) is 0 Å². The molecular weight excluding hydrogens is 174 g/mol. The second kappa shape index (κ2) is 2.45. The highest BCUT2D eigenvalue weighted by atomic mass is 32.1. The summed E-state index contributed by atoms with van der Waals surface area (Å²) >= 11 is 4.76. The minimum atomic E-state index is -0.140. The third kappa shape index (κ3) is 1.16. The number of nitrogens with one attached hydrogen (secondary N) is 2. The lowest BCUT2D eigenvalue weighted by Crippen LogP contribution is -2.16. The van der Waals surface area contributed by atoms with Crippen molar-refractivity contribution in [3.8, 4) is 0 Å². The summed E-state index contributed by atoms with van der Waals surface area (Å²) in [6, 6.07) is 0. The predicted molar refractivity (Wildman–Crippen MR) is 48.6 cm³/mol. The summed E-state index contributed by atoms with van der Waals surface area (Å²) in [5, 5.41) is 0.